The van der Waals surface area contributed by atoms with Crippen LogP contribution in [0.2, 0.25) is 0 Å². The zero-order chi connectivity index (χ0) is 20.5. The normalized spacial score (nSPS) is 15.2. The molecule has 9 heteroatoms. The van der Waals surface area contributed by atoms with Crippen molar-refractivity contribution in [1.82, 2.24) is 15.6 Å². The van der Waals surface area contributed by atoms with Gasteiger partial charge in [-0.25, -0.2) is 13.4 Å². The van der Waals surface area contributed by atoms with E-state index in [0.717, 1.165) is 13.0 Å². The third-order valence-electron chi connectivity index (χ3n) is 4.88. The number of nitrogens with zero attached hydrogens (tertiary/aromatic N) is 1. The molecule has 1 aromatic carbocycles. The summed E-state index contributed by atoms with van der Waals surface area (Å²) >= 11 is 1.17. The largest absolute Gasteiger partial charge is 0.356 e. The van der Waals surface area contributed by atoms with Crippen molar-refractivity contribution in [2.75, 3.05) is 17.8 Å². The summed E-state index contributed by atoms with van der Waals surface area (Å²) in [6, 6.07) is 8.76. The van der Waals surface area contributed by atoms with Gasteiger partial charge in [0.15, 0.2) is 5.13 Å². The lowest BCUT2D eigenvalue weighted by Crippen LogP contribution is -2.34. The minimum absolute atomic E-state index is 0.106. The number of benzene rings is 1. The first-order chi connectivity index (χ1) is 14.0. The van der Waals surface area contributed by atoms with Crippen LogP contribution in [-0.4, -0.2) is 38.4 Å². The Labute approximate surface area is 176 Å². The van der Waals surface area contributed by atoms with Gasteiger partial charge in [0.2, 0.25) is 5.91 Å². The van der Waals surface area contributed by atoms with E-state index >= 15 is 0 Å². The zero-order valence-electron chi connectivity index (χ0n) is 16.4. The summed E-state index contributed by atoms with van der Waals surface area (Å²) in [5.41, 5.74) is 0.554. The van der Waals surface area contributed by atoms with Crippen LogP contribution in [0.15, 0.2) is 40.6 Å². The molecule has 1 aliphatic rings. The minimum Gasteiger partial charge on any atom is -0.356 e. The van der Waals surface area contributed by atoms with E-state index in [0.29, 0.717) is 18.3 Å². The number of sulfonamides is 1. The highest BCUT2D eigenvalue weighted by Gasteiger charge is 2.16. The Hall–Kier alpha value is -1.97. The lowest BCUT2D eigenvalue weighted by atomic mass is 9.95. The first-order valence-corrected chi connectivity index (χ1v) is 12.4. The molecule has 3 rings (SSSR count). The lowest BCUT2D eigenvalue weighted by molar-refractivity contribution is -0.120. The summed E-state index contributed by atoms with van der Waals surface area (Å²) in [4.78, 5) is 16.5. The van der Waals surface area contributed by atoms with Crippen LogP contribution in [0, 0.1) is 0 Å². The van der Waals surface area contributed by atoms with E-state index < -0.39 is 10.0 Å². The van der Waals surface area contributed by atoms with Crippen LogP contribution in [0.4, 0.5) is 5.13 Å². The van der Waals surface area contributed by atoms with Crippen molar-refractivity contribution >= 4 is 32.4 Å². The van der Waals surface area contributed by atoms with E-state index in [2.05, 4.69) is 20.3 Å². The maximum absolute atomic E-state index is 12.3. The molecule has 158 valence electrons. The first kappa shape index (κ1) is 21.7. The third-order valence-corrected chi connectivity index (χ3v) is 7.17. The van der Waals surface area contributed by atoms with Crippen LogP contribution in [-0.2, 0) is 21.2 Å². The summed E-state index contributed by atoms with van der Waals surface area (Å²) in [6.07, 6.45) is 7.51. The fourth-order valence-electron chi connectivity index (χ4n) is 3.36. The standard InChI is InChI=1S/C20H28N4O3S2/c25-19(22-13-7-12-21-16-8-3-1-4-9-16)14-17-15-28-20(23-17)24-29(26,27)18-10-5-2-6-11-18/h2,5-6,10-11,15-16,21H,1,3-4,7-9,12-14H2,(H,22,25)(H,23,24). The Balaban J connectivity index is 1.37. The zero-order valence-corrected chi connectivity index (χ0v) is 18.0. The average molecular weight is 437 g/mol. The predicted molar refractivity (Wildman–Crippen MR) is 116 cm³/mol. The van der Waals surface area contributed by atoms with E-state index in [-0.39, 0.29) is 22.4 Å². The van der Waals surface area contributed by atoms with Gasteiger partial charge < -0.3 is 10.6 Å². The molecule has 0 spiro atoms. The van der Waals surface area contributed by atoms with Crippen molar-refractivity contribution in [2.45, 2.75) is 55.9 Å². The molecule has 1 aliphatic carbocycles. The number of anilines is 1. The smallest absolute Gasteiger partial charge is 0.263 e. The molecular weight excluding hydrogens is 408 g/mol. The van der Waals surface area contributed by atoms with Crippen LogP contribution in [0.25, 0.3) is 0 Å². The first-order valence-electron chi connectivity index (χ1n) is 10.1. The van der Waals surface area contributed by atoms with Gasteiger partial charge in [-0.15, -0.1) is 11.3 Å². The number of thiazole rings is 1. The maximum Gasteiger partial charge on any atom is 0.263 e. The Kier molecular flexibility index (Phi) is 8.02. The SMILES string of the molecule is O=C(Cc1csc(NS(=O)(=O)c2ccccc2)n1)NCCCNC1CCCCC1. The molecule has 0 bridgehead atoms. The van der Waals surface area contributed by atoms with Crippen LogP contribution in [0.1, 0.15) is 44.2 Å². The molecular formula is C20H28N4O3S2. The fraction of sp³-hybridized carbons (Fsp3) is 0.500. The monoisotopic (exact) mass is 436 g/mol. The van der Waals surface area contributed by atoms with Crippen molar-refractivity contribution in [3.63, 3.8) is 0 Å². The molecule has 7 nitrogen and oxygen atoms in total. The van der Waals surface area contributed by atoms with Gasteiger partial charge in [-0.1, -0.05) is 37.5 Å². The quantitative estimate of drug-likeness (QED) is 0.497. The van der Waals surface area contributed by atoms with Gasteiger partial charge in [-0.05, 0) is 37.9 Å². The van der Waals surface area contributed by atoms with E-state index in [4.69, 9.17) is 0 Å². The molecule has 1 heterocycles. The van der Waals surface area contributed by atoms with Crippen molar-refractivity contribution in [2.24, 2.45) is 0 Å². The second-order valence-electron chi connectivity index (χ2n) is 7.23. The molecule has 1 amide bonds. The molecule has 2 aromatic rings. The maximum atomic E-state index is 12.3. The van der Waals surface area contributed by atoms with E-state index in [1.54, 1.807) is 23.6 Å². The van der Waals surface area contributed by atoms with Crippen LogP contribution >= 0.6 is 11.3 Å². The summed E-state index contributed by atoms with van der Waals surface area (Å²) < 4.78 is 27.1. The van der Waals surface area contributed by atoms with Gasteiger partial charge in [0, 0.05) is 18.0 Å². The molecule has 1 aromatic heterocycles. The highest BCUT2D eigenvalue weighted by Crippen LogP contribution is 2.20. The Bertz CT molecular complexity index is 878. The van der Waals surface area contributed by atoms with Crippen LogP contribution in [0.5, 0.6) is 0 Å². The van der Waals surface area contributed by atoms with Crippen molar-refractivity contribution in [1.29, 1.82) is 0 Å². The number of hydrogen-bond acceptors (Lipinski definition) is 6. The van der Waals surface area contributed by atoms with E-state index in [9.17, 15) is 13.2 Å². The number of amides is 1. The second-order valence-corrected chi connectivity index (χ2v) is 9.77. The van der Waals surface area contributed by atoms with Gasteiger partial charge in [-0.3, -0.25) is 9.52 Å². The third kappa shape index (κ3) is 7.09. The Morgan fingerprint density at radius 1 is 1.10 bits per heavy atom. The highest BCUT2D eigenvalue weighted by molar-refractivity contribution is 7.93. The molecule has 3 N–H and O–H groups in total. The van der Waals surface area contributed by atoms with E-state index in [1.165, 1.54) is 55.6 Å². The highest BCUT2D eigenvalue weighted by atomic mass is 32.2. The number of nitrogens with one attached hydrogen (secondary N) is 3. The summed E-state index contributed by atoms with van der Waals surface area (Å²) in [6.45, 7) is 1.53. The Morgan fingerprint density at radius 3 is 2.62 bits per heavy atom. The summed E-state index contributed by atoms with van der Waals surface area (Å²) in [7, 11) is -3.67. The number of rotatable bonds is 10. The van der Waals surface area contributed by atoms with Gasteiger partial charge in [0.25, 0.3) is 10.0 Å². The second kappa shape index (κ2) is 10.7. The number of carbonyl (C=O) groups excluding carboxylic acids is 1. The molecule has 1 saturated carbocycles. The molecule has 0 unspecified atom stereocenters. The molecule has 0 saturated heterocycles. The van der Waals surface area contributed by atoms with Gasteiger partial charge in [0.05, 0.1) is 17.0 Å². The molecule has 0 radical (unpaired) electrons. The van der Waals surface area contributed by atoms with Crippen LogP contribution < -0.4 is 15.4 Å². The minimum atomic E-state index is -3.67. The van der Waals surface area contributed by atoms with Gasteiger partial charge in [-0.2, -0.15) is 0 Å². The average Bonchev–Trinajstić information content (AvgIpc) is 3.15. The number of carbonyl (C=O) groups is 1. The van der Waals surface area contributed by atoms with Crippen molar-refractivity contribution < 1.29 is 13.2 Å². The summed E-state index contributed by atoms with van der Waals surface area (Å²) in [5.74, 6) is -0.106. The molecule has 0 aliphatic heterocycles. The number of aromatic nitrogens is 1. The van der Waals surface area contributed by atoms with Crippen molar-refractivity contribution in [3.8, 4) is 0 Å². The van der Waals surface area contributed by atoms with E-state index in [1.807, 2.05) is 0 Å². The predicted octanol–water partition coefficient (Wildman–Crippen LogP) is 2.92. The molecule has 0 atom stereocenters. The van der Waals surface area contributed by atoms with Crippen LogP contribution in [0.3, 0.4) is 0 Å². The topological polar surface area (TPSA) is 100 Å². The summed E-state index contributed by atoms with van der Waals surface area (Å²) in [5, 5.41) is 8.41. The van der Waals surface area contributed by atoms with Gasteiger partial charge >= 0.3 is 0 Å². The molecule has 1 fully saturated rings. The lowest BCUT2D eigenvalue weighted by Gasteiger charge is -2.22. The van der Waals surface area contributed by atoms with Crippen molar-refractivity contribution in [3.05, 3.63) is 41.4 Å². The van der Waals surface area contributed by atoms with Gasteiger partial charge in [0.1, 0.15) is 0 Å². The molecule has 29 heavy (non-hydrogen) atoms. The Morgan fingerprint density at radius 2 is 1.86 bits per heavy atom. The fourth-order valence-corrected chi connectivity index (χ4v) is 5.35. The number of hydrogen-bond donors (Lipinski definition) is 3.